The van der Waals surface area contributed by atoms with E-state index in [0.717, 1.165) is 32.0 Å². The molecule has 1 saturated carbocycles. The van der Waals surface area contributed by atoms with Gasteiger partial charge < -0.3 is 9.42 Å². The molecule has 2 heterocycles. The van der Waals surface area contributed by atoms with Crippen molar-refractivity contribution in [2.45, 2.75) is 52.0 Å². The standard InChI is InChI=1S/C18H29N3O3/c1-13(2)16-12-21(9-3-8-20(16)11-14-4-5-14)18(23)7-6-15-10-17(22)19-24-15/h10,13-14,16H,3-9,11-12H2,1-2H3,(H,19,22)/t16-/m1/s1. The second kappa shape index (κ2) is 7.55. The van der Waals surface area contributed by atoms with Gasteiger partial charge in [-0.2, -0.15) is 5.16 Å². The smallest absolute Gasteiger partial charge is 0.280 e. The fourth-order valence-corrected chi connectivity index (χ4v) is 3.61. The minimum Gasteiger partial charge on any atom is -0.384 e. The molecule has 1 N–H and O–H groups in total. The Morgan fingerprint density at radius 3 is 2.79 bits per heavy atom. The lowest BCUT2D eigenvalue weighted by Crippen LogP contribution is -2.46. The van der Waals surface area contributed by atoms with E-state index in [-0.39, 0.29) is 11.5 Å². The largest absolute Gasteiger partial charge is 0.384 e. The summed E-state index contributed by atoms with van der Waals surface area (Å²) in [5.74, 6) is 2.14. The summed E-state index contributed by atoms with van der Waals surface area (Å²) < 4.78 is 5.04. The summed E-state index contributed by atoms with van der Waals surface area (Å²) in [6.07, 6.45) is 4.65. The van der Waals surface area contributed by atoms with Gasteiger partial charge in [-0.05, 0) is 31.1 Å². The SMILES string of the molecule is CC(C)[C@H]1CN(C(=O)CCc2cc(=O)[nH]o2)CCCN1CC1CC1. The third kappa shape index (κ3) is 4.50. The Balaban J connectivity index is 1.57. The van der Waals surface area contributed by atoms with E-state index in [0.29, 0.717) is 30.6 Å². The molecule has 6 heteroatoms. The zero-order valence-corrected chi connectivity index (χ0v) is 14.8. The minimum atomic E-state index is -0.247. The summed E-state index contributed by atoms with van der Waals surface area (Å²) in [6.45, 7) is 8.45. The van der Waals surface area contributed by atoms with Gasteiger partial charge in [0, 0.05) is 51.1 Å². The van der Waals surface area contributed by atoms with Gasteiger partial charge in [0.25, 0.3) is 5.56 Å². The molecule has 1 aliphatic carbocycles. The topological polar surface area (TPSA) is 69.5 Å². The molecule has 24 heavy (non-hydrogen) atoms. The fourth-order valence-electron chi connectivity index (χ4n) is 3.61. The van der Waals surface area contributed by atoms with Crippen molar-refractivity contribution in [3.05, 3.63) is 22.2 Å². The van der Waals surface area contributed by atoms with E-state index >= 15 is 0 Å². The molecule has 0 spiro atoms. The van der Waals surface area contributed by atoms with Gasteiger partial charge in [-0.3, -0.25) is 14.5 Å². The van der Waals surface area contributed by atoms with E-state index in [9.17, 15) is 9.59 Å². The predicted molar refractivity (Wildman–Crippen MR) is 91.8 cm³/mol. The first-order valence-electron chi connectivity index (χ1n) is 9.22. The third-order valence-electron chi connectivity index (χ3n) is 5.22. The molecule has 2 aliphatic rings. The second-order valence-electron chi connectivity index (χ2n) is 7.62. The van der Waals surface area contributed by atoms with E-state index in [1.807, 2.05) is 4.90 Å². The number of nitrogens with zero attached hydrogens (tertiary/aromatic N) is 2. The number of aromatic amines is 1. The molecule has 0 unspecified atom stereocenters. The number of aryl methyl sites for hydroxylation is 1. The molecule has 2 fully saturated rings. The third-order valence-corrected chi connectivity index (χ3v) is 5.22. The lowest BCUT2D eigenvalue weighted by molar-refractivity contribution is -0.131. The van der Waals surface area contributed by atoms with Crippen molar-refractivity contribution in [1.82, 2.24) is 15.0 Å². The normalized spacial score (nSPS) is 22.8. The molecule has 0 radical (unpaired) electrons. The van der Waals surface area contributed by atoms with E-state index < -0.39 is 0 Å². The molecule has 1 atom stereocenters. The molecule has 3 rings (SSSR count). The first-order valence-corrected chi connectivity index (χ1v) is 9.22. The monoisotopic (exact) mass is 335 g/mol. The summed E-state index contributed by atoms with van der Waals surface area (Å²) in [6, 6.07) is 1.87. The number of H-pyrrole nitrogens is 1. The first-order chi connectivity index (χ1) is 11.5. The molecular formula is C18H29N3O3. The number of hydrogen-bond acceptors (Lipinski definition) is 4. The van der Waals surface area contributed by atoms with Gasteiger partial charge in [-0.15, -0.1) is 0 Å². The Morgan fingerprint density at radius 1 is 1.38 bits per heavy atom. The Kier molecular flexibility index (Phi) is 5.43. The maximum Gasteiger partial charge on any atom is 0.280 e. The zero-order chi connectivity index (χ0) is 17.1. The van der Waals surface area contributed by atoms with Crippen LogP contribution in [0.15, 0.2) is 15.4 Å². The van der Waals surface area contributed by atoms with Crippen molar-refractivity contribution in [1.29, 1.82) is 0 Å². The van der Waals surface area contributed by atoms with Crippen LogP contribution in [0.5, 0.6) is 0 Å². The number of carbonyl (C=O) groups excluding carboxylic acids is 1. The van der Waals surface area contributed by atoms with Crippen LogP contribution >= 0.6 is 0 Å². The number of hydrogen-bond donors (Lipinski definition) is 1. The number of aromatic nitrogens is 1. The van der Waals surface area contributed by atoms with Gasteiger partial charge in [-0.1, -0.05) is 13.8 Å². The summed E-state index contributed by atoms with van der Waals surface area (Å²) in [7, 11) is 0. The van der Waals surface area contributed by atoms with Crippen molar-refractivity contribution in [2.24, 2.45) is 11.8 Å². The number of rotatable bonds is 6. The fraction of sp³-hybridized carbons (Fsp3) is 0.778. The van der Waals surface area contributed by atoms with Crippen LogP contribution in [0.1, 0.15) is 45.3 Å². The highest BCUT2D eigenvalue weighted by molar-refractivity contribution is 5.76. The van der Waals surface area contributed by atoms with Gasteiger partial charge in [0.05, 0.1) is 0 Å². The molecule has 134 valence electrons. The van der Waals surface area contributed by atoms with Crippen LogP contribution in [0.25, 0.3) is 0 Å². The lowest BCUT2D eigenvalue weighted by atomic mass is 10.0. The highest BCUT2D eigenvalue weighted by Crippen LogP contribution is 2.31. The molecule has 1 saturated heterocycles. The molecule has 1 aliphatic heterocycles. The average Bonchev–Trinajstić information content (AvgIpc) is 3.30. The molecule has 1 aromatic heterocycles. The Morgan fingerprint density at radius 2 is 2.17 bits per heavy atom. The van der Waals surface area contributed by atoms with E-state index in [4.69, 9.17) is 4.52 Å². The molecular weight excluding hydrogens is 306 g/mol. The second-order valence-corrected chi connectivity index (χ2v) is 7.62. The Hall–Kier alpha value is -1.56. The summed E-state index contributed by atoms with van der Waals surface area (Å²) >= 11 is 0. The Labute approximate surface area is 143 Å². The zero-order valence-electron chi connectivity index (χ0n) is 14.8. The molecule has 1 amide bonds. The van der Waals surface area contributed by atoms with Crippen molar-refractivity contribution in [3.8, 4) is 0 Å². The van der Waals surface area contributed by atoms with Crippen molar-refractivity contribution in [3.63, 3.8) is 0 Å². The van der Waals surface area contributed by atoms with Crippen LogP contribution in [-0.2, 0) is 11.2 Å². The van der Waals surface area contributed by atoms with Crippen molar-refractivity contribution in [2.75, 3.05) is 26.2 Å². The van der Waals surface area contributed by atoms with Crippen LogP contribution in [0.2, 0.25) is 0 Å². The number of carbonyl (C=O) groups is 1. The number of nitrogens with one attached hydrogen (secondary N) is 1. The van der Waals surface area contributed by atoms with E-state index in [2.05, 4.69) is 23.9 Å². The first kappa shape index (κ1) is 17.3. The average molecular weight is 335 g/mol. The predicted octanol–water partition coefficient (Wildman–Crippen LogP) is 1.87. The molecule has 1 aromatic rings. The van der Waals surface area contributed by atoms with Crippen molar-refractivity contribution >= 4 is 5.91 Å². The Bertz CT molecular complexity index is 603. The van der Waals surface area contributed by atoms with Crippen LogP contribution < -0.4 is 5.56 Å². The highest BCUT2D eigenvalue weighted by Gasteiger charge is 2.33. The van der Waals surface area contributed by atoms with Crippen LogP contribution in [-0.4, -0.2) is 53.1 Å². The van der Waals surface area contributed by atoms with Crippen molar-refractivity contribution < 1.29 is 9.32 Å². The summed E-state index contributed by atoms with van der Waals surface area (Å²) in [4.78, 5) is 28.3. The molecule has 0 aromatic carbocycles. The van der Waals surface area contributed by atoms with Gasteiger partial charge >= 0.3 is 0 Å². The maximum atomic E-state index is 12.6. The summed E-state index contributed by atoms with van der Waals surface area (Å²) in [5.41, 5.74) is -0.247. The number of amides is 1. The van der Waals surface area contributed by atoms with Crippen LogP contribution in [0.4, 0.5) is 0 Å². The minimum absolute atomic E-state index is 0.165. The molecule has 6 nitrogen and oxygen atoms in total. The van der Waals surface area contributed by atoms with E-state index in [1.54, 1.807) is 0 Å². The highest BCUT2D eigenvalue weighted by atomic mass is 16.5. The molecule has 0 bridgehead atoms. The van der Waals surface area contributed by atoms with E-state index in [1.165, 1.54) is 25.5 Å². The van der Waals surface area contributed by atoms with Crippen LogP contribution in [0, 0.1) is 11.8 Å². The lowest BCUT2D eigenvalue weighted by Gasteiger charge is -2.34. The summed E-state index contributed by atoms with van der Waals surface area (Å²) in [5, 5.41) is 2.27. The van der Waals surface area contributed by atoms with Gasteiger partial charge in [0.1, 0.15) is 5.76 Å². The maximum absolute atomic E-state index is 12.6. The van der Waals surface area contributed by atoms with Gasteiger partial charge in [0.2, 0.25) is 5.91 Å². The quantitative estimate of drug-likeness (QED) is 0.862. The van der Waals surface area contributed by atoms with Crippen LogP contribution in [0.3, 0.4) is 0 Å². The van der Waals surface area contributed by atoms with Gasteiger partial charge in [-0.25, -0.2) is 0 Å². The van der Waals surface area contributed by atoms with Gasteiger partial charge in [0.15, 0.2) is 0 Å².